The van der Waals surface area contributed by atoms with Crippen LogP contribution in [0.4, 0.5) is 5.69 Å². The zero-order chi connectivity index (χ0) is 14.7. The van der Waals surface area contributed by atoms with E-state index in [4.69, 9.17) is 0 Å². The molecule has 1 aromatic carbocycles. The van der Waals surface area contributed by atoms with Crippen LogP contribution in [0.3, 0.4) is 0 Å². The molecule has 0 spiro atoms. The van der Waals surface area contributed by atoms with Crippen LogP contribution in [0.1, 0.15) is 24.8 Å². The van der Waals surface area contributed by atoms with Crippen molar-refractivity contribution in [2.24, 2.45) is 5.92 Å². The number of hydrogen-bond donors (Lipinski definition) is 3. The molecule has 3 N–H and O–H groups in total. The number of hydrogen-bond acceptors (Lipinski definition) is 3. The van der Waals surface area contributed by atoms with Crippen molar-refractivity contribution >= 4 is 17.5 Å². The van der Waals surface area contributed by atoms with E-state index in [0.717, 1.165) is 36.9 Å². The quantitative estimate of drug-likeness (QED) is 0.761. The molecule has 2 aliphatic heterocycles. The number of para-hydroxylation sites is 1. The average molecular weight is 287 g/mol. The van der Waals surface area contributed by atoms with Crippen LogP contribution in [0.5, 0.6) is 0 Å². The topological polar surface area (TPSA) is 70.2 Å². The number of carbonyl (C=O) groups is 2. The number of anilines is 1. The number of nitrogens with one attached hydrogen (secondary N) is 3. The fourth-order valence-electron chi connectivity index (χ4n) is 2.99. The summed E-state index contributed by atoms with van der Waals surface area (Å²) in [7, 11) is 0. The first kappa shape index (κ1) is 13.9. The second-order valence-electron chi connectivity index (χ2n) is 5.79. The van der Waals surface area contributed by atoms with Crippen LogP contribution in [0.25, 0.3) is 0 Å². The van der Waals surface area contributed by atoms with Crippen molar-refractivity contribution in [2.75, 3.05) is 18.4 Å². The first-order chi connectivity index (χ1) is 10.2. The van der Waals surface area contributed by atoms with Crippen molar-refractivity contribution in [3.05, 3.63) is 29.8 Å². The first-order valence-electron chi connectivity index (χ1n) is 7.64. The van der Waals surface area contributed by atoms with Crippen molar-refractivity contribution in [2.45, 2.75) is 31.7 Å². The molecule has 0 aromatic heterocycles. The van der Waals surface area contributed by atoms with Crippen LogP contribution in [-0.4, -0.2) is 30.9 Å². The van der Waals surface area contributed by atoms with Gasteiger partial charge in [-0.2, -0.15) is 0 Å². The Hall–Kier alpha value is -2.04. The fourth-order valence-corrected chi connectivity index (χ4v) is 2.99. The summed E-state index contributed by atoms with van der Waals surface area (Å²) in [5.74, 6) is -0.194. The Labute approximate surface area is 124 Å². The number of fused-ring (bicyclic) bond motifs is 1. The molecule has 2 unspecified atom stereocenters. The monoisotopic (exact) mass is 287 g/mol. The Morgan fingerprint density at radius 2 is 2.05 bits per heavy atom. The van der Waals surface area contributed by atoms with Crippen molar-refractivity contribution in [1.82, 2.24) is 10.6 Å². The van der Waals surface area contributed by atoms with E-state index in [1.54, 1.807) is 0 Å². The molecular formula is C16H21N3O2. The van der Waals surface area contributed by atoms with Crippen LogP contribution < -0.4 is 16.0 Å². The second-order valence-corrected chi connectivity index (χ2v) is 5.79. The third-order valence-corrected chi connectivity index (χ3v) is 4.25. The number of amides is 2. The van der Waals surface area contributed by atoms with Crippen LogP contribution in [-0.2, 0) is 16.0 Å². The van der Waals surface area contributed by atoms with Gasteiger partial charge in [-0.15, -0.1) is 0 Å². The van der Waals surface area contributed by atoms with E-state index in [2.05, 4.69) is 16.0 Å². The van der Waals surface area contributed by atoms with Crippen molar-refractivity contribution in [3.8, 4) is 0 Å². The van der Waals surface area contributed by atoms with E-state index in [-0.39, 0.29) is 23.8 Å². The molecule has 1 fully saturated rings. The van der Waals surface area contributed by atoms with Gasteiger partial charge in [-0.25, -0.2) is 0 Å². The Kier molecular flexibility index (Phi) is 4.08. The van der Waals surface area contributed by atoms with Gasteiger partial charge in [0.1, 0.15) is 6.04 Å². The Morgan fingerprint density at radius 1 is 1.19 bits per heavy atom. The highest BCUT2D eigenvalue weighted by molar-refractivity contribution is 5.89. The SMILES string of the molecule is O=C(NC1CCCCNC1=O)C1CNc2ccccc2C1. The maximum absolute atomic E-state index is 12.4. The molecule has 0 radical (unpaired) electrons. The molecule has 0 saturated carbocycles. The van der Waals surface area contributed by atoms with E-state index < -0.39 is 0 Å². The Balaban J connectivity index is 1.62. The molecule has 2 atom stereocenters. The predicted octanol–water partition coefficient (Wildman–Crippen LogP) is 1.06. The maximum Gasteiger partial charge on any atom is 0.242 e. The molecular weight excluding hydrogens is 266 g/mol. The van der Waals surface area contributed by atoms with Crippen LogP contribution in [0.2, 0.25) is 0 Å². The summed E-state index contributed by atoms with van der Waals surface area (Å²) in [5.41, 5.74) is 2.27. The highest BCUT2D eigenvalue weighted by Gasteiger charge is 2.28. The van der Waals surface area contributed by atoms with Crippen LogP contribution in [0.15, 0.2) is 24.3 Å². The second kappa shape index (κ2) is 6.16. The molecule has 2 heterocycles. The van der Waals surface area contributed by atoms with Gasteiger partial charge in [0, 0.05) is 18.8 Å². The van der Waals surface area contributed by atoms with Crippen LogP contribution >= 0.6 is 0 Å². The van der Waals surface area contributed by atoms with E-state index in [9.17, 15) is 9.59 Å². The lowest BCUT2D eigenvalue weighted by Crippen LogP contribution is -2.49. The summed E-state index contributed by atoms with van der Waals surface area (Å²) in [6.45, 7) is 1.33. The molecule has 1 aromatic rings. The minimum Gasteiger partial charge on any atom is -0.384 e. The molecule has 21 heavy (non-hydrogen) atoms. The van der Waals surface area contributed by atoms with Crippen molar-refractivity contribution < 1.29 is 9.59 Å². The molecule has 0 aliphatic carbocycles. The van der Waals surface area contributed by atoms with Crippen molar-refractivity contribution in [1.29, 1.82) is 0 Å². The molecule has 2 amide bonds. The molecule has 3 rings (SSSR count). The van der Waals surface area contributed by atoms with Gasteiger partial charge >= 0.3 is 0 Å². The minimum atomic E-state index is -0.378. The average Bonchev–Trinajstić information content (AvgIpc) is 2.72. The van der Waals surface area contributed by atoms with E-state index in [1.165, 1.54) is 0 Å². The van der Waals surface area contributed by atoms with Gasteiger partial charge < -0.3 is 16.0 Å². The lowest BCUT2D eigenvalue weighted by atomic mass is 9.93. The van der Waals surface area contributed by atoms with E-state index in [1.807, 2.05) is 24.3 Å². The van der Waals surface area contributed by atoms with Gasteiger partial charge in [-0.1, -0.05) is 18.2 Å². The van der Waals surface area contributed by atoms with Gasteiger partial charge in [0.2, 0.25) is 11.8 Å². The molecule has 5 heteroatoms. The van der Waals surface area contributed by atoms with Gasteiger partial charge in [-0.3, -0.25) is 9.59 Å². The van der Waals surface area contributed by atoms with E-state index in [0.29, 0.717) is 13.1 Å². The first-order valence-corrected chi connectivity index (χ1v) is 7.64. The Morgan fingerprint density at radius 3 is 2.95 bits per heavy atom. The number of benzene rings is 1. The molecule has 1 saturated heterocycles. The lowest BCUT2D eigenvalue weighted by molar-refractivity contribution is -0.130. The fraction of sp³-hybridized carbons (Fsp3) is 0.500. The van der Waals surface area contributed by atoms with Gasteiger partial charge in [0.05, 0.1) is 5.92 Å². The molecule has 0 bridgehead atoms. The predicted molar refractivity (Wildman–Crippen MR) is 80.9 cm³/mol. The van der Waals surface area contributed by atoms with Gasteiger partial charge in [0.25, 0.3) is 0 Å². The van der Waals surface area contributed by atoms with Crippen molar-refractivity contribution in [3.63, 3.8) is 0 Å². The number of carbonyl (C=O) groups excluding carboxylic acids is 2. The summed E-state index contributed by atoms with van der Waals surface area (Å²) in [6, 6.07) is 7.67. The van der Waals surface area contributed by atoms with Gasteiger partial charge in [-0.05, 0) is 37.3 Å². The van der Waals surface area contributed by atoms with E-state index >= 15 is 0 Å². The smallest absolute Gasteiger partial charge is 0.242 e. The third kappa shape index (κ3) is 3.17. The third-order valence-electron chi connectivity index (χ3n) is 4.25. The maximum atomic E-state index is 12.4. The summed E-state index contributed by atoms with van der Waals surface area (Å²) >= 11 is 0. The normalized spacial score (nSPS) is 25.0. The lowest BCUT2D eigenvalue weighted by Gasteiger charge is -2.26. The largest absolute Gasteiger partial charge is 0.384 e. The molecule has 112 valence electrons. The van der Waals surface area contributed by atoms with Crippen LogP contribution in [0, 0.1) is 5.92 Å². The molecule has 5 nitrogen and oxygen atoms in total. The summed E-state index contributed by atoms with van der Waals surface area (Å²) in [4.78, 5) is 24.3. The summed E-state index contributed by atoms with van der Waals surface area (Å²) in [5, 5.41) is 9.06. The highest BCUT2D eigenvalue weighted by Crippen LogP contribution is 2.24. The number of rotatable bonds is 2. The summed E-state index contributed by atoms with van der Waals surface area (Å²) in [6.07, 6.45) is 3.41. The summed E-state index contributed by atoms with van der Waals surface area (Å²) < 4.78 is 0. The highest BCUT2D eigenvalue weighted by atomic mass is 16.2. The minimum absolute atomic E-state index is 0.0287. The molecule has 2 aliphatic rings. The standard InChI is InChI=1S/C16H21N3O2/c20-15(19-14-7-3-4-8-17-16(14)21)12-9-11-5-1-2-6-13(11)18-10-12/h1-2,5-6,12,14,18H,3-4,7-10H2,(H,17,21)(H,19,20). The Bertz CT molecular complexity index is 544. The zero-order valence-electron chi connectivity index (χ0n) is 12.0. The zero-order valence-corrected chi connectivity index (χ0v) is 12.0. The van der Waals surface area contributed by atoms with Gasteiger partial charge in [0.15, 0.2) is 0 Å².